The quantitative estimate of drug-likeness (QED) is 0.828. The lowest BCUT2D eigenvalue weighted by Gasteiger charge is -2.25. The van der Waals surface area contributed by atoms with E-state index in [9.17, 15) is 4.79 Å². The first-order valence-electron chi connectivity index (χ1n) is 9.24. The summed E-state index contributed by atoms with van der Waals surface area (Å²) in [5, 5.41) is 7.85. The molecule has 1 aromatic heterocycles. The molecule has 0 aliphatic carbocycles. The second kappa shape index (κ2) is 8.47. The van der Waals surface area contributed by atoms with E-state index in [0.717, 1.165) is 37.4 Å². The van der Waals surface area contributed by atoms with Crippen LogP contribution in [-0.4, -0.2) is 47.8 Å². The molecule has 26 heavy (non-hydrogen) atoms. The minimum absolute atomic E-state index is 0.0239. The van der Waals surface area contributed by atoms with Crippen LogP contribution in [0.25, 0.3) is 0 Å². The van der Waals surface area contributed by atoms with Crippen molar-refractivity contribution in [1.29, 1.82) is 0 Å². The van der Waals surface area contributed by atoms with Gasteiger partial charge < -0.3 is 15.0 Å². The first-order chi connectivity index (χ1) is 12.6. The van der Waals surface area contributed by atoms with Crippen LogP contribution < -0.4 is 5.32 Å². The van der Waals surface area contributed by atoms with Crippen LogP contribution in [0.1, 0.15) is 36.7 Å². The molecule has 1 aliphatic heterocycles. The van der Waals surface area contributed by atoms with Crippen molar-refractivity contribution in [3.05, 3.63) is 53.9 Å². The number of hydrogen-bond acceptors (Lipinski definition) is 4. The fraction of sp³-hybridized carbons (Fsp3) is 0.500. The van der Waals surface area contributed by atoms with Crippen LogP contribution in [0.3, 0.4) is 0 Å². The van der Waals surface area contributed by atoms with Crippen LogP contribution in [0.4, 0.5) is 0 Å². The van der Waals surface area contributed by atoms with Gasteiger partial charge in [-0.1, -0.05) is 30.3 Å². The number of carbonyl (C=O) groups excluding carboxylic acids is 1. The summed E-state index contributed by atoms with van der Waals surface area (Å²) < 4.78 is 7.99. The number of likely N-dealkylation sites (N-methyl/N-ethyl adjacent to an activating group) is 1. The molecule has 0 spiro atoms. The van der Waals surface area contributed by atoms with Gasteiger partial charge in [-0.25, -0.2) is 0 Å². The van der Waals surface area contributed by atoms with Gasteiger partial charge in [-0.3, -0.25) is 9.48 Å². The van der Waals surface area contributed by atoms with Crippen molar-refractivity contribution in [1.82, 2.24) is 20.0 Å². The summed E-state index contributed by atoms with van der Waals surface area (Å²) in [5.74, 6) is 0.378. The van der Waals surface area contributed by atoms with E-state index in [-0.39, 0.29) is 18.1 Å². The third-order valence-electron chi connectivity index (χ3n) is 4.96. The normalized spacial score (nSPS) is 20.9. The van der Waals surface area contributed by atoms with E-state index in [1.165, 1.54) is 0 Å². The van der Waals surface area contributed by atoms with Crippen molar-refractivity contribution in [2.24, 2.45) is 5.92 Å². The number of aryl methyl sites for hydroxylation is 1. The molecule has 3 rings (SSSR count). The van der Waals surface area contributed by atoms with Crippen molar-refractivity contribution in [3.63, 3.8) is 0 Å². The van der Waals surface area contributed by atoms with Gasteiger partial charge in [-0.2, -0.15) is 5.10 Å². The highest BCUT2D eigenvalue weighted by atomic mass is 16.5. The van der Waals surface area contributed by atoms with Crippen LogP contribution in [0, 0.1) is 5.92 Å². The smallest absolute Gasteiger partial charge is 0.243 e. The molecule has 3 atom stereocenters. The van der Waals surface area contributed by atoms with Crippen molar-refractivity contribution in [3.8, 4) is 0 Å². The van der Waals surface area contributed by atoms with Crippen molar-refractivity contribution < 1.29 is 9.53 Å². The number of aromatic nitrogens is 2. The van der Waals surface area contributed by atoms with Gasteiger partial charge in [-0.05, 0) is 25.0 Å². The number of benzene rings is 1. The van der Waals surface area contributed by atoms with Gasteiger partial charge in [0.2, 0.25) is 5.91 Å². The molecule has 6 heteroatoms. The Morgan fingerprint density at radius 2 is 2.12 bits per heavy atom. The van der Waals surface area contributed by atoms with E-state index in [2.05, 4.69) is 17.3 Å². The van der Waals surface area contributed by atoms with E-state index in [1.807, 2.05) is 47.3 Å². The molecule has 1 aliphatic rings. The summed E-state index contributed by atoms with van der Waals surface area (Å²) in [7, 11) is 3.59. The molecule has 1 amide bonds. The maximum Gasteiger partial charge on any atom is 0.243 e. The molecule has 0 unspecified atom stereocenters. The maximum absolute atomic E-state index is 12.7. The monoisotopic (exact) mass is 356 g/mol. The third-order valence-corrected chi connectivity index (χ3v) is 4.96. The molecule has 6 nitrogen and oxygen atoms in total. The highest BCUT2D eigenvalue weighted by Gasteiger charge is 2.33. The largest absolute Gasteiger partial charge is 0.372 e. The number of amides is 1. The highest BCUT2D eigenvalue weighted by molar-refractivity contribution is 5.82. The van der Waals surface area contributed by atoms with E-state index < -0.39 is 0 Å². The summed E-state index contributed by atoms with van der Waals surface area (Å²) in [6.07, 6.45) is 2.83. The lowest BCUT2D eigenvalue weighted by molar-refractivity contribution is -0.131. The highest BCUT2D eigenvalue weighted by Crippen LogP contribution is 2.34. The topological polar surface area (TPSA) is 59.4 Å². The van der Waals surface area contributed by atoms with E-state index in [0.29, 0.717) is 5.92 Å². The SMILES string of the molecule is CCn1nccc1[C@@H]1OCC[C@H]1CN[C@@H](C(=O)N(C)C)c1ccccc1. The van der Waals surface area contributed by atoms with Crippen LogP contribution >= 0.6 is 0 Å². The molecule has 1 fully saturated rings. The number of ether oxygens (including phenoxy) is 1. The number of carbonyl (C=O) groups is 1. The molecule has 0 bridgehead atoms. The Kier molecular flexibility index (Phi) is 6.06. The standard InChI is InChI=1S/C20H28N4O2/c1-4-24-17(10-12-22-24)19-16(11-13-26-19)14-21-18(20(25)23(2)3)15-8-6-5-7-9-15/h5-10,12,16,18-19,21H,4,11,13-14H2,1-3H3/t16-,18+,19+/m0/s1. The fourth-order valence-electron chi connectivity index (χ4n) is 3.54. The fourth-order valence-corrected chi connectivity index (χ4v) is 3.54. The average molecular weight is 356 g/mol. The Morgan fingerprint density at radius 3 is 2.81 bits per heavy atom. The summed E-state index contributed by atoms with van der Waals surface area (Å²) in [6.45, 7) is 4.37. The summed E-state index contributed by atoms with van der Waals surface area (Å²) in [6, 6.07) is 11.6. The van der Waals surface area contributed by atoms with Gasteiger partial charge in [0, 0.05) is 45.9 Å². The molecular formula is C20H28N4O2. The van der Waals surface area contributed by atoms with E-state index in [1.54, 1.807) is 19.0 Å². The van der Waals surface area contributed by atoms with Gasteiger partial charge in [0.25, 0.3) is 0 Å². The predicted octanol–water partition coefficient (Wildman–Crippen LogP) is 2.40. The van der Waals surface area contributed by atoms with E-state index >= 15 is 0 Å². The molecule has 2 heterocycles. The zero-order valence-electron chi connectivity index (χ0n) is 15.8. The van der Waals surface area contributed by atoms with Crippen LogP contribution in [-0.2, 0) is 16.1 Å². The van der Waals surface area contributed by atoms with Gasteiger partial charge in [0.05, 0.1) is 5.69 Å². The van der Waals surface area contributed by atoms with Gasteiger partial charge in [0.1, 0.15) is 12.1 Å². The Morgan fingerprint density at radius 1 is 1.35 bits per heavy atom. The first kappa shape index (κ1) is 18.6. The predicted molar refractivity (Wildman–Crippen MR) is 101 cm³/mol. The molecule has 2 aromatic rings. The number of rotatable bonds is 7. The summed E-state index contributed by atoms with van der Waals surface area (Å²) in [5.41, 5.74) is 2.10. The Bertz CT molecular complexity index is 714. The number of nitrogens with zero attached hydrogens (tertiary/aromatic N) is 3. The molecular weight excluding hydrogens is 328 g/mol. The lowest BCUT2D eigenvalue weighted by Crippen LogP contribution is -2.39. The molecule has 1 aromatic carbocycles. The Balaban J connectivity index is 1.73. The Labute approximate surface area is 155 Å². The second-order valence-corrected chi connectivity index (χ2v) is 6.90. The average Bonchev–Trinajstić information content (AvgIpc) is 3.30. The second-order valence-electron chi connectivity index (χ2n) is 6.90. The van der Waals surface area contributed by atoms with E-state index in [4.69, 9.17) is 4.74 Å². The van der Waals surface area contributed by atoms with Crippen LogP contribution in [0.5, 0.6) is 0 Å². The van der Waals surface area contributed by atoms with Crippen molar-refractivity contribution >= 4 is 5.91 Å². The minimum Gasteiger partial charge on any atom is -0.372 e. The lowest BCUT2D eigenvalue weighted by atomic mass is 9.97. The van der Waals surface area contributed by atoms with Crippen LogP contribution in [0.15, 0.2) is 42.6 Å². The van der Waals surface area contributed by atoms with Gasteiger partial charge >= 0.3 is 0 Å². The number of nitrogens with one attached hydrogen (secondary N) is 1. The van der Waals surface area contributed by atoms with Crippen LogP contribution in [0.2, 0.25) is 0 Å². The van der Waals surface area contributed by atoms with Gasteiger partial charge in [-0.15, -0.1) is 0 Å². The summed E-state index contributed by atoms with van der Waals surface area (Å²) in [4.78, 5) is 14.3. The number of hydrogen-bond donors (Lipinski definition) is 1. The van der Waals surface area contributed by atoms with Crippen molar-refractivity contribution in [2.45, 2.75) is 32.0 Å². The molecule has 0 radical (unpaired) electrons. The van der Waals surface area contributed by atoms with Crippen molar-refractivity contribution in [2.75, 3.05) is 27.2 Å². The maximum atomic E-state index is 12.7. The minimum atomic E-state index is -0.344. The summed E-state index contributed by atoms with van der Waals surface area (Å²) >= 11 is 0. The molecule has 0 saturated carbocycles. The molecule has 1 N–H and O–H groups in total. The third kappa shape index (κ3) is 3.97. The van der Waals surface area contributed by atoms with Gasteiger partial charge in [0.15, 0.2) is 0 Å². The Hall–Kier alpha value is -2.18. The molecule has 140 valence electrons. The molecule has 1 saturated heterocycles. The zero-order chi connectivity index (χ0) is 18.5. The first-order valence-corrected chi connectivity index (χ1v) is 9.24. The zero-order valence-corrected chi connectivity index (χ0v) is 15.8.